The molecule has 0 aromatic carbocycles. The molecule has 1 heterocycles. The number of anilines is 1. The van der Waals surface area contributed by atoms with Crippen LogP contribution in [0.15, 0.2) is 12.3 Å². The van der Waals surface area contributed by atoms with Crippen molar-refractivity contribution in [3.05, 3.63) is 22.4 Å². The topological polar surface area (TPSA) is 94.8 Å². The number of nitro groups is 1. The molecule has 0 bridgehead atoms. The lowest BCUT2D eigenvalue weighted by atomic mass is 10.2. The Bertz CT molecular complexity index is 702. The maximum atomic E-state index is 12.9. The molecule has 1 amide bonds. The molecule has 0 saturated carbocycles. The van der Waals surface area contributed by atoms with Crippen LogP contribution < -0.4 is 9.64 Å². The molecule has 0 saturated heterocycles. The monoisotopic (exact) mass is 387 g/mol. The van der Waals surface area contributed by atoms with Crippen LogP contribution in [-0.2, 0) is 4.74 Å². The van der Waals surface area contributed by atoms with Crippen LogP contribution in [0.3, 0.4) is 0 Å². The van der Waals surface area contributed by atoms with E-state index in [9.17, 15) is 36.9 Å². The molecule has 1 aromatic rings. The molecule has 0 spiro atoms. The number of carbonyl (C=O) groups excluding carboxylic acids is 1. The number of halogens is 5. The van der Waals surface area contributed by atoms with Gasteiger partial charge in [0.05, 0.1) is 17.2 Å². The first kappa shape index (κ1) is 21.3. The van der Waals surface area contributed by atoms with E-state index in [1.54, 1.807) is 0 Å². The van der Waals surface area contributed by atoms with E-state index >= 15 is 0 Å². The van der Waals surface area contributed by atoms with Crippen LogP contribution in [0.4, 0.5) is 38.3 Å². The number of amides is 1. The fourth-order valence-corrected chi connectivity index (χ4v) is 1.50. The molecule has 0 atom stereocenters. The molecule has 0 aliphatic heterocycles. The third-order valence-electron chi connectivity index (χ3n) is 2.58. The molecular formula is C13H14F5N3O5. The summed E-state index contributed by atoms with van der Waals surface area (Å²) in [7, 11) is 1.05. The largest absolute Gasteiger partial charge is 0.499 e. The number of aromatic nitrogens is 1. The molecule has 8 nitrogen and oxygen atoms in total. The van der Waals surface area contributed by atoms with Crippen LogP contribution >= 0.6 is 0 Å². The second kappa shape index (κ2) is 6.88. The van der Waals surface area contributed by atoms with Gasteiger partial charge in [-0.2, -0.15) is 22.0 Å². The zero-order valence-electron chi connectivity index (χ0n) is 13.9. The quantitative estimate of drug-likeness (QED) is 0.442. The van der Waals surface area contributed by atoms with E-state index in [0.717, 1.165) is 7.05 Å². The van der Waals surface area contributed by atoms with E-state index in [-0.39, 0.29) is 0 Å². The highest BCUT2D eigenvalue weighted by Crippen LogP contribution is 2.39. The summed E-state index contributed by atoms with van der Waals surface area (Å²) in [5.41, 5.74) is -1.98. The van der Waals surface area contributed by atoms with Crippen LogP contribution in [-0.4, -0.2) is 40.9 Å². The predicted molar refractivity (Wildman–Crippen MR) is 77.2 cm³/mol. The molecule has 0 N–H and O–H groups in total. The molecule has 0 unspecified atom stereocenters. The average Bonchev–Trinajstić information content (AvgIpc) is 2.42. The highest BCUT2D eigenvalue weighted by molar-refractivity contribution is 5.88. The fourth-order valence-electron chi connectivity index (χ4n) is 1.50. The summed E-state index contributed by atoms with van der Waals surface area (Å²) in [4.78, 5) is 25.8. The van der Waals surface area contributed by atoms with E-state index in [0.29, 0.717) is 17.2 Å². The Balaban J connectivity index is 3.22. The van der Waals surface area contributed by atoms with Crippen molar-refractivity contribution in [1.29, 1.82) is 0 Å². The molecule has 0 radical (unpaired) electrons. The number of hydrogen-bond donors (Lipinski definition) is 0. The van der Waals surface area contributed by atoms with Crippen LogP contribution in [0.25, 0.3) is 0 Å². The van der Waals surface area contributed by atoms with Crippen molar-refractivity contribution in [3.8, 4) is 5.75 Å². The minimum absolute atomic E-state index is 0.294. The lowest BCUT2D eigenvalue weighted by Gasteiger charge is -2.24. The maximum Gasteiger partial charge on any atom is 0.499 e. The molecule has 0 fully saturated rings. The Morgan fingerprint density at radius 2 is 1.77 bits per heavy atom. The van der Waals surface area contributed by atoms with Crippen molar-refractivity contribution in [3.63, 3.8) is 0 Å². The van der Waals surface area contributed by atoms with Crippen LogP contribution in [0, 0.1) is 10.1 Å². The first-order valence-electron chi connectivity index (χ1n) is 6.80. The third kappa shape index (κ3) is 5.13. The lowest BCUT2D eigenvalue weighted by molar-refractivity contribution is -0.385. The van der Waals surface area contributed by atoms with E-state index in [1.807, 2.05) is 0 Å². The van der Waals surface area contributed by atoms with Crippen LogP contribution in [0.1, 0.15) is 20.8 Å². The van der Waals surface area contributed by atoms with Gasteiger partial charge in [0, 0.05) is 7.05 Å². The van der Waals surface area contributed by atoms with E-state index in [2.05, 4.69) is 9.72 Å². The number of hydrogen-bond acceptors (Lipinski definition) is 6. The van der Waals surface area contributed by atoms with E-state index < -0.39 is 46.2 Å². The third-order valence-corrected chi connectivity index (χ3v) is 2.58. The summed E-state index contributed by atoms with van der Waals surface area (Å²) in [6.45, 7) is 4.57. The van der Waals surface area contributed by atoms with Gasteiger partial charge in [0.25, 0.3) is 0 Å². The zero-order chi connectivity index (χ0) is 20.5. The van der Waals surface area contributed by atoms with Crippen molar-refractivity contribution in [2.45, 2.75) is 38.7 Å². The minimum Gasteiger partial charge on any atom is -0.443 e. The first-order chi connectivity index (χ1) is 11.5. The molecule has 13 heteroatoms. The van der Waals surface area contributed by atoms with Crippen molar-refractivity contribution in [2.75, 3.05) is 11.9 Å². The number of pyridine rings is 1. The second-order valence-electron chi connectivity index (χ2n) is 5.93. The highest BCUT2D eigenvalue weighted by atomic mass is 19.4. The molecule has 146 valence electrons. The maximum absolute atomic E-state index is 12.9. The SMILES string of the molecule is CN(C(=O)OC(C)(C)C)c1ncc(OC(F)(F)C(F)(F)F)cc1[N+](=O)[O-]. The molecule has 0 aliphatic rings. The van der Waals surface area contributed by atoms with Crippen LogP contribution in [0.5, 0.6) is 5.75 Å². The van der Waals surface area contributed by atoms with Gasteiger partial charge in [0.2, 0.25) is 5.82 Å². The Morgan fingerprint density at radius 3 is 2.19 bits per heavy atom. The summed E-state index contributed by atoms with van der Waals surface area (Å²) in [5, 5.41) is 11.1. The summed E-state index contributed by atoms with van der Waals surface area (Å²) >= 11 is 0. The normalized spacial score (nSPS) is 12.5. The molecule has 26 heavy (non-hydrogen) atoms. The van der Waals surface area contributed by atoms with Crippen molar-refractivity contribution >= 4 is 17.6 Å². The molecule has 1 aromatic heterocycles. The Kier molecular flexibility index (Phi) is 5.64. The number of alkyl halides is 5. The average molecular weight is 387 g/mol. The van der Waals surface area contributed by atoms with Gasteiger partial charge in [0.15, 0.2) is 5.75 Å². The second-order valence-corrected chi connectivity index (χ2v) is 5.93. The lowest BCUT2D eigenvalue weighted by Crippen LogP contribution is -2.42. The van der Waals surface area contributed by atoms with Gasteiger partial charge in [-0.15, -0.1) is 0 Å². The Labute approximate surface area is 143 Å². The van der Waals surface area contributed by atoms with E-state index in [4.69, 9.17) is 4.74 Å². The first-order valence-corrected chi connectivity index (χ1v) is 6.80. The number of nitrogens with zero attached hydrogens (tertiary/aromatic N) is 3. The standard InChI is InChI=1S/C13H14F5N3O5/c1-11(2,3)26-10(22)20(4)9-8(21(23)24)5-7(6-19-9)25-13(17,18)12(14,15)16/h5-6H,1-4H3. The number of carbonyl (C=O) groups is 1. The van der Waals surface area contributed by atoms with Gasteiger partial charge in [0.1, 0.15) is 5.60 Å². The number of rotatable bonds is 4. The fraction of sp³-hybridized carbons (Fsp3) is 0.538. The summed E-state index contributed by atoms with van der Waals surface area (Å²) in [6, 6.07) is 0.294. The molecular weight excluding hydrogens is 373 g/mol. The predicted octanol–water partition coefficient (Wildman–Crippen LogP) is 3.90. The van der Waals surface area contributed by atoms with Gasteiger partial charge >= 0.3 is 24.1 Å². The minimum atomic E-state index is -6.03. The van der Waals surface area contributed by atoms with Crippen LogP contribution in [0.2, 0.25) is 0 Å². The van der Waals surface area contributed by atoms with Crippen molar-refractivity contribution < 1.29 is 41.1 Å². The Morgan fingerprint density at radius 1 is 1.23 bits per heavy atom. The van der Waals surface area contributed by atoms with Gasteiger partial charge in [-0.05, 0) is 20.8 Å². The van der Waals surface area contributed by atoms with E-state index in [1.165, 1.54) is 20.8 Å². The summed E-state index contributed by atoms with van der Waals surface area (Å²) in [5.74, 6) is -1.84. The molecule has 0 aliphatic carbocycles. The van der Waals surface area contributed by atoms with Gasteiger partial charge in [-0.3, -0.25) is 15.0 Å². The van der Waals surface area contributed by atoms with Gasteiger partial charge in [-0.25, -0.2) is 9.78 Å². The van der Waals surface area contributed by atoms with Gasteiger partial charge < -0.3 is 9.47 Å². The van der Waals surface area contributed by atoms with Crippen molar-refractivity contribution in [1.82, 2.24) is 4.98 Å². The zero-order valence-corrected chi connectivity index (χ0v) is 13.9. The number of ether oxygens (including phenoxy) is 2. The molecule has 1 rings (SSSR count). The summed E-state index contributed by atoms with van der Waals surface area (Å²) < 4.78 is 70.7. The smallest absolute Gasteiger partial charge is 0.443 e. The highest BCUT2D eigenvalue weighted by Gasteiger charge is 2.61. The Hall–Kier alpha value is -2.73. The van der Waals surface area contributed by atoms with Crippen molar-refractivity contribution in [2.24, 2.45) is 0 Å². The summed E-state index contributed by atoms with van der Waals surface area (Å²) in [6.07, 6.45) is -12.3. The van der Waals surface area contributed by atoms with Gasteiger partial charge in [-0.1, -0.05) is 0 Å².